The summed E-state index contributed by atoms with van der Waals surface area (Å²) in [6.45, 7) is 2.99. The summed E-state index contributed by atoms with van der Waals surface area (Å²) in [5, 5.41) is 9.16. The Morgan fingerprint density at radius 3 is 2.63 bits per heavy atom. The molecule has 0 amide bonds. The zero-order chi connectivity index (χ0) is 26.5. The molecule has 4 heterocycles. The van der Waals surface area contributed by atoms with Crippen LogP contribution in [0, 0.1) is 23.1 Å². The van der Waals surface area contributed by atoms with Crippen molar-refractivity contribution in [3.05, 3.63) is 94.5 Å². The fourth-order valence-electron chi connectivity index (χ4n) is 4.50. The molecule has 1 aliphatic rings. The fourth-order valence-corrected chi connectivity index (χ4v) is 4.50. The molecule has 5 rings (SSSR count). The number of likely N-dealkylation sites (tertiary alicyclic amines) is 1. The monoisotopic (exact) mass is 510 g/mol. The van der Waals surface area contributed by atoms with Crippen LogP contribution in [0.5, 0.6) is 5.75 Å². The SMILES string of the molecule is CN1CCC(COc2cnc(-c3cccc(Cn4cc(-c5cc(C#N)ccn5)cc(F)c4=O)c3)nc2)CC1. The van der Waals surface area contributed by atoms with Gasteiger partial charge in [0.15, 0.2) is 17.4 Å². The van der Waals surface area contributed by atoms with E-state index in [1.807, 2.05) is 30.3 Å². The highest BCUT2D eigenvalue weighted by atomic mass is 19.1. The summed E-state index contributed by atoms with van der Waals surface area (Å²) in [6.07, 6.45) is 8.64. The quantitative estimate of drug-likeness (QED) is 0.369. The highest BCUT2D eigenvalue weighted by molar-refractivity contribution is 5.60. The molecule has 9 heteroatoms. The van der Waals surface area contributed by atoms with Gasteiger partial charge in [-0.3, -0.25) is 9.78 Å². The zero-order valence-corrected chi connectivity index (χ0v) is 21.0. The van der Waals surface area contributed by atoms with Crippen molar-refractivity contribution in [3.63, 3.8) is 0 Å². The number of benzene rings is 1. The number of piperidine rings is 1. The number of nitriles is 1. The van der Waals surface area contributed by atoms with Gasteiger partial charge in [-0.25, -0.2) is 14.4 Å². The van der Waals surface area contributed by atoms with E-state index < -0.39 is 11.4 Å². The van der Waals surface area contributed by atoms with Gasteiger partial charge in [0.1, 0.15) is 0 Å². The van der Waals surface area contributed by atoms with E-state index in [2.05, 4.69) is 26.9 Å². The maximum Gasteiger partial charge on any atom is 0.286 e. The van der Waals surface area contributed by atoms with Gasteiger partial charge in [-0.2, -0.15) is 5.26 Å². The van der Waals surface area contributed by atoms with E-state index in [0.29, 0.717) is 40.9 Å². The largest absolute Gasteiger partial charge is 0.490 e. The summed E-state index contributed by atoms with van der Waals surface area (Å²) in [5.74, 6) is 0.822. The summed E-state index contributed by atoms with van der Waals surface area (Å²) < 4.78 is 21.7. The lowest BCUT2D eigenvalue weighted by atomic mass is 9.98. The molecule has 1 aromatic carbocycles. The van der Waals surface area contributed by atoms with E-state index in [1.54, 1.807) is 30.7 Å². The molecular weight excluding hydrogens is 483 g/mol. The van der Waals surface area contributed by atoms with Crippen LogP contribution in [-0.2, 0) is 6.54 Å². The fraction of sp³-hybridized carbons (Fsp3) is 0.276. The van der Waals surface area contributed by atoms with Crippen molar-refractivity contribution in [2.75, 3.05) is 26.7 Å². The van der Waals surface area contributed by atoms with Crippen LogP contribution in [0.25, 0.3) is 22.6 Å². The van der Waals surface area contributed by atoms with Crippen molar-refractivity contribution in [2.24, 2.45) is 5.92 Å². The van der Waals surface area contributed by atoms with Gasteiger partial charge in [-0.1, -0.05) is 18.2 Å². The summed E-state index contributed by atoms with van der Waals surface area (Å²) in [6, 6.07) is 13.8. The lowest BCUT2D eigenvalue weighted by molar-refractivity contribution is 0.159. The van der Waals surface area contributed by atoms with Crippen LogP contribution < -0.4 is 10.3 Å². The summed E-state index contributed by atoms with van der Waals surface area (Å²) in [5.41, 5.74) is 2.05. The third kappa shape index (κ3) is 5.93. The molecule has 38 heavy (non-hydrogen) atoms. The minimum atomic E-state index is -0.887. The van der Waals surface area contributed by atoms with Gasteiger partial charge in [0.05, 0.1) is 42.9 Å². The molecule has 0 N–H and O–H groups in total. The summed E-state index contributed by atoms with van der Waals surface area (Å²) in [4.78, 5) is 28.0. The first kappa shape index (κ1) is 25.2. The topological polar surface area (TPSA) is 96.9 Å². The first-order valence-electron chi connectivity index (χ1n) is 12.5. The molecule has 4 aromatic rings. The number of ether oxygens (including phenoxy) is 1. The second-order valence-corrected chi connectivity index (χ2v) is 9.55. The van der Waals surface area contributed by atoms with Crippen molar-refractivity contribution in [1.29, 1.82) is 5.26 Å². The maximum absolute atomic E-state index is 14.5. The number of hydrogen-bond donors (Lipinski definition) is 0. The summed E-state index contributed by atoms with van der Waals surface area (Å²) in [7, 11) is 2.14. The lowest BCUT2D eigenvalue weighted by Crippen LogP contribution is -2.32. The molecule has 1 fully saturated rings. The molecule has 0 unspecified atom stereocenters. The van der Waals surface area contributed by atoms with Crippen LogP contribution >= 0.6 is 0 Å². The van der Waals surface area contributed by atoms with Crippen molar-refractivity contribution in [3.8, 4) is 34.5 Å². The molecule has 0 aliphatic carbocycles. The van der Waals surface area contributed by atoms with E-state index in [-0.39, 0.29) is 6.54 Å². The van der Waals surface area contributed by atoms with Gasteiger partial charge in [0, 0.05) is 23.5 Å². The minimum absolute atomic E-state index is 0.146. The third-order valence-electron chi connectivity index (χ3n) is 6.72. The van der Waals surface area contributed by atoms with Crippen LogP contribution in [0.3, 0.4) is 0 Å². The van der Waals surface area contributed by atoms with Crippen molar-refractivity contribution in [1.82, 2.24) is 24.4 Å². The van der Waals surface area contributed by atoms with Crippen LogP contribution in [0.1, 0.15) is 24.0 Å². The van der Waals surface area contributed by atoms with Gasteiger partial charge in [0.2, 0.25) is 0 Å². The third-order valence-corrected chi connectivity index (χ3v) is 6.72. The number of nitrogens with zero attached hydrogens (tertiary/aromatic N) is 6. The normalized spacial score (nSPS) is 14.2. The molecule has 0 spiro atoms. The molecule has 3 aromatic heterocycles. The standard InChI is InChI=1S/C29H27FN6O2/c1-35-9-6-20(7-10-35)19-38-25-15-33-28(34-16-25)23-4-2-3-22(11-23)17-36-18-24(13-26(30)29(36)37)27-12-21(14-31)5-8-32-27/h2-5,8,11-13,15-16,18,20H,6-7,9-10,17,19H2,1H3. The van der Waals surface area contributed by atoms with E-state index in [0.717, 1.165) is 43.1 Å². The first-order valence-corrected chi connectivity index (χ1v) is 12.5. The predicted molar refractivity (Wildman–Crippen MR) is 141 cm³/mol. The molecule has 1 saturated heterocycles. The maximum atomic E-state index is 14.5. The van der Waals surface area contributed by atoms with Crippen LogP contribution in [-0.4, -0.2) is 51.2 Å². The average molecular weight is 511 g/mol. The predicted octanol–water partition coefficient (Wildman–Crippen LogP) is 4.15. The Balaban J connectivity index is 1.31. The Hall–Kier alpha value is -4.42. The second kappa shape index (κ2) is 11.3. The molecule has 1 aliphatic heterocycles. The Labute approximate surface area is 220 Å². The minimum Gasteiger partial charge on any atom is -0.490 e. The van der Waals surface area contributed by atoms with E-state index in [1.165, 1.54) is 10.8 Å². The zero-order valence-electron chi connectivity index (χ0n) is 21.0. The smallest absolute Gasteiger partial charge is 0.286 e. The van der Waals surface area contributed by atoms with Gasteiger partial charge >= 0.3 is 0 Å². The average Bonchev–Trinajstić information content (AvgIpc) is 2.95. The molecule has 8 nitrogen and oxygen atoms in total. The Bertz CT molecular complexity index is 1520. The molecule has 0 radical (unpaired) electrons. The van der Waals surface area contributed by atoms with Crippen molar-refractivity contribution in [2.45, 2.75) is 19.4 Å². The van der Waals surface area contributed by atoms with Gasteiger partial charge in [0.25, 0.3) is 5.56 Å². The molecule has 192 valence electrons. The summed E-state index contributed by atoms with van der Waals surface area (Å²) >= 11 is 0. The number of halogens is 1. The molecule has 0 atom stereocenters. The highest BCUT2D eigenvalue weighted by Gasteiger charge is 2.17. The molecular formula is C29H27FN6O2. The van der Waals surface area contributed by atoms with E-state index in [9.17, 15) is 9.18 Å². The number of hydrogen-bond acceptors (Lipinski definition) is 7. The Kier molecular flexibility index (Phi) is 7.52. The van der Waals surface area contributed by atoms with Crippen LogP contribution in [0.15, 0.2) is 72.0 Å². The van der Waals surface area contributed by atoms with Gasteiger partial charge < -0.3 is 14.2 Å². The Morgan fingerprint density at radius 1 is 1.08 bits per heavy atom. The highest BCUT2D eigenvalue weighted by Crippen LogP contribution is 2.22. The van der Waals surface area contributed by atoms with Crippen LogP contribution in [0.2, 0.25) is 0 Å². The van der Waals surface area contributed by atoms with Gasteiger partial charge in [-0.05, 0) is 68.7 Å². The first-order chi connectivity index (χ1) is 18.5. The molecule has 0 saturated carbocycles. The van der Waals surface area contributed by atoms with Crippen molar-refractivity contribution >= 4 is 0 Å². The molecule has 0 bridgehead atoms. The second-order valence-electron chi connectivity index (χ2n) is 9.55. The number of pyridine rings is 2. The Morgan fingerprint density at radius 2 is 1.87 bits per heavy atom. The lowest BCUT2D eigenvalue weighted by Gasteiger charge is -2.28. The van der Waals surface area contributed by atoms with Gasteiger partial charge in [-0.15, -0.1) is 0 Å². The van der Waals surface area contributed by atoms with E-state index in [4.69, 9.17) is 10.00 Å². The van der Waals surface area contributed by atoms with Crippen molar-refractivity contribution < 1.29 is 9.13 Å². The van der Waals surface area contributed by atoms with E-state index >= 15 is 0 Å². The number of aromatic nitrogens is 4. The number of rotatable bonds is 7. The van der Waals surface area contributed by atoms with Crippen LogP contribution in [0.4, 0.5) is 4.39 Å².